The number of carbonyl (C=O) groups excluding carboxylic acids is 1. The number of nitrogens with one attached hydrogen (secondary N) is 1. The summed E-state index contributed by atoms with van der Waals surface area (Å²) in [5.41, 5.74) is 6.71. The van der Waals surface area contributed by atoms with Crippen molar-refractivity contribution >= 4 is 5.91 Å². The van der Waals surface area contributed by atoms with Crippen LogP contribution in [0, 0.1) is 0 Å². The van der Waals surface area contributed by atoms with E-state index in [1.165, 1.54) is 0 Å². The summed E-state index contributed by atoms with van der Waals surface area (Å²) in [5.74, 6) is -0.416. The Balaban J connectivity index is 2.40. The maximum absolute atomic E-state index is 10.8. The molecule has 0 saturated carbocycles. The average molecular weight is 222 g/mol. The summed E-state index contributed by atoms with van der Waals surface area (Å²) in [6.45, 7) is 3.19. The smallest absolute Gasteiger partial charge is 0.248 e. The van der Waals surface area contributed by atoms with Gasteiger partial charge in [-0.15, -0.1) is 0 Å². The fourth-order valence-corrected chi connectivity index (χ4v) is 1.31. The summed E-state index contributed by atoms with van der Waals surface area (Å²) in [4.78, 5) is 10.8. The van der Waals surface area contributed by atoms with Crippen LogP contribution in [0.1, 0.15) is 29.3 Å². The molecular weight excluding hydrogens is 204 g/mol. The molecule has 1 atom stereocenters. The maximum Gasteiger partial charge on any atom is 0.248 e. The molecule has 0 aliphatic carbocycles. The van der Waals surface area contributed by atoms with Crippen LogP contribution >= 0.6 is 0 Å². The first-order valence-corrected chi connectivity index (χ1v) is 5.41. The number of rotatable bonds is 6. The minimum atomic E-state index is -0.416. The minimum Gasteiger partial charge on any atom is -0.392 e. The van der Waals surface area contributed by atoms with Crippen LogP contribution in [0.5, 0.6) is 0 Å². The number of carbonyl (C=O) groups is 1. The number of nitrogens with two attached hydrogens (primary N) is 1. The maximum atomic E-state index is 10.8. The highest BCUT2D eigenvalue weighted by atomic mass is 16.3. The number of benzene rings is 1. The molecule has 0 bridgehead atoms. The van der Waals surface area contributed by atoms with Gasteiger partial charge in [-0.25, -0.2) is 0 Å². The highest BCUT2D eigenvalue weighted by molar-refractivity contribution is 5.92. The zero-order chi connectivity index (χ0) is 12.0. The first-order chi connectivity index (χ1) is 7.63. The Morgan fingerprint density at radius 1 is 1.44 bits per heavy atom. The van der Waals surface area contributed by atoms with Crippen LogP contribution in [-0.4, -0.2) is 23.7 Å². The van der Waals surface area contributed by atoms with Crippen LogP contribution in [0.25, 0.3) is 0 Å². The van der Waals surface area contributed by atoms with Gasteiger partial charge < -0.3 is 16.2 Å². The van der Waals surface area contributed by atoms with Crippen molar-refractivity contribution in [2.24, 2.45) is 5.73 Å². The van der Waals surface area contributed by atoms with Crippen LogP contribution in [0.15, 0.2) is 24.3 Å². The molecule has 16 heavy (non-hydrogen) atoms. The molecule has 1 aromatic rings. The third kappa shape index (κ3) is 4.00. The lowest BCUT2D eigenvalue weighted by Crippen LogP contribution is -2.25. The lowest BCUT2D eigenvalue weighted by atomic mass is 10.1. The number of hydrogen-bond acceptors (Lipinski definition) is 3. The molecule has 4 N–H and O–H groups in total. The molecule has 4 nitrogen and oxygen atoms in total. The van der Waals surface area contributed by atoms with Crippen molar-refractivity contribution in [3.05, 3.63) is 35.4 Å². The van der Waals surface area contributed by atoms with Gasteiger partial charge in [0.2, 0.25) is 5.91 Å². The molecule has 0 spiro atoms. The van der Waals surface area contributed by atoms with E-state index in [1.807, 2.05) is 19.1 Å². The predicted octanol–water partition coefficient (Wildman–Crippen LogP) is 0.646. The summed E-state index contributed by atoms with van der Waals surface area (Å²) >= 11 is 0. The van der Waals surface area contributed by atoms with E-state index >= 15 is 0 Å². The van der Waals surface area contributed by atoms with Crippen molar-refractivity contribution in [3.63, 3.8) is 0 Å². The van der Waals surface area contributed by atoms with Crippen LogP contribution < -0.4 is 11.1 Å². The topological polar surface area (TPSA) is 75.3 Å². The van der Waals surface area contributed by atoms with E-state index in [-0.39, 0.29) is 6.10 Å². The van der Waals surface area contributed by atoms with Gasteiger partial charge in [0.1, 0.15) is 0 Å². The molecule has 1 rings (SSSR count). The van der Waals surface area contributed by atoms with Crippen molar-refractivity contribution < 1.29 is 9.90 Å². The van der Waals surface area contributed by atoms with Gasteiger partial charge in [0.25, 0.3) is 0 Å². The van der Waals surface area contributed by atoms with Crippen LogP contribution in [-0.2, 0) is 6.54 Å². The van der Waals surface area contributed by atoms with Gasteiger partial charge in [-0.05, 0) is 24.1 Å². The summed E-state index contributed by atoms with van der Waals surface area (Å²) in [6.07, 6.45) is 0.443. The summed E-state index contributed by atoms with van der Waals surface area (Å²) < 4.78 is 0. The molecule has 1 amide bonds. The van der Waals surface area contributed by atoms with E-state index < -0.39 is 5.91 Å². The van der Waals surface area contributed by atoms with Crippen molar-refractivity contribution in [1.29, 1.82) is 0 Å². The second-order valence-corrected chi connectivity index (χ2v) is 3.75. The highest BCUT2D eigenvalue weighted by Crippen LogP contribution is 2.03. The Labute approximate surface area is 95.5 Å². The molecule has 88 valence electrons. The zero-order valence-corrected chi connectivity index (χ0v) is 9.44. The fraction of sp³-hybridized carbons (Fsp3) is 0.417. The van der Waals surface area contributed by atoms with Gasteiger partial charge in [-0.3, -0.25) is 4.79 Å². The molecule has 0 radical (unpaired) electrons. The number of primary amides is 1. The van der Waals surface area contributed by atoms with E-state index in [4.69, 9.17) is 5.73 Å². The Bertz CT molecular complexity index is 335. The van der Waals surface area contributed by atoms with Gasteiger partial charge >= 0.3 is 0 Å². The molecule has 1 aromatic carbocycles. The van der Waals surface area contributed by atoms with E-state index in [9.17, 15) is 9.90 Å². The van der Waals surface area contributed by atoms with Crippen LogP contribution in [0.2, 0.25) is 0 Å². The Kier molecular flexibility index (Phi) is 4.95. The highest BCUT2D eigenvalue weighted by Gasteiger charge is 2.01. The third-order valence-electron chi connectivity index (χ3n) is 2.42. The fourth-order valence-electron chi connectivity index (χ4n) is 1.31. The van der Waals surface area contributed by atoms with Gasteiger partial charge in [-0.2, -0.15) is 0 Å². The lowest BCUT2D eigenvalue weighted by molar-refractivity contribution is 0.100. The summed E-state index contributed by atoms with van der Waals surface area (Å²) in [7, 11) is 0. The quantitative estimate of drug-likeness (QED) is 0.661. The molecule has 0 saturated heterocycles. The first kappa shape index (κ1) is 12.7. The van der Waals surface area contributed by atoms with E-state index in [1.54, 1.807) is 12.1 Å². The molecule has 4 heteroatoms. The van der Waals surface area contributed by atoms with Crippen molar-refractivity contribution in [2.75, 3.05) is 6.54 Å². The second kappa shape index (κ2) is 6.25. The number of hydrogen-bond donors (Lipinski definition) is 3. The molecular formula is C12H18N2O2. The Morgan fingerprint density at radius 2 is 2.06 bits per heavy atom. The Hall–Kier alpha value is -1.39. The van der Waals surface area contributed by atoms with Gasteiger partial charge in [0, 0.05) is 18.7 Å². The van der Waals surface area contributed by atoms with E-state index in [2.05, 4.69) is 5.32 Å². The second-order valence-electron chi connectivity index (χ2n) is 3.75. The SMILES string of the molecule is CCC(O)CNCc1ccc(C(N)=O)cc1. The Morgan fingerprint density at radius 3 is 2.56 bits per heavy atom. The molecule has 0 fully saturated rings. The summed E-state index contributed by atoms with van der Waals surface area (Å²) in [6, 6.07) is 7.11. The van der Waals surface area contributed by atoms with E-state index in [0.717, 1.165) is 12.0 Å². The average Bonchev–Trinajstić information content (AvgIpc) is 2.29. The number of aliphatic hydroxyl groups is 1. The standard InChI is InChI=1S/C12H18N2O2/c1-2-11(15)8-14-7-9-3-5-10(6-4-9)12(13)16/h3-6,11,14-15H,2,7-8H2,1H3,(H2,13,16). The van der Waals surface area contributed by atoms with Gasteiger partial charge in [0.05, 0.1) is 6.10 Å². The monoisotopic (exact) mass is 222 g/mol. The van der Waals surface area contributed by atoms with Crippen molar-refractivity contribution in [2.45, 2.75) is 26.0 Å². The van der Waals surface area contributed by atoms with Crippen LogP contribution in [0.3, 0.4) is 0 Å². The molecule has 0 aliphatic rings. The number of aliphatic hydroxyl groups excluding tert-OH is 1. The number of amides is 1. The molecule has 0 aromatic heterocycles. The van der Waals surface area contributed by atoms with Gasteiger partial charge in [-0.1, -0.05) is 19.1 Å². The zero-order valence-electron chi connectivity index (χ0n) is 9.44. The van der Waals surface area contributed by atoms with Crippen molar-refractivity contribution in [3.8, 4) is 0 Å². The molecule has 0 aliphatic heterocycles. The van der Waals surface area contributed by atoms with Crippen molar-refractivity contribution in [1.82, 2.24) is 5.32 Å². The van der Waals surface area contributed by atoms with Gasteiger partial charge in [0.15, 0.2) is 0 Å². The minimum absolute atomic E-state index is 0.301. The predicted molar refractivity (Wildman–Crippen MR) is 63.0 cm³/mol. The lowest BCUT2D eigenvalue weighted by Gasteiger charge is -2.09. The molecule has 0 heterocycles. The first-order valence-electron chi connectivity index (χ1n) is 5.41. The largest absolute Gasteiger partial charge is 0.392 e. The molecule has 1 unspecified atom stereocenters. The van der Waals surface area contributed by atoms with Crippen LogP contribution in [0.4, 0.5) is 0 Å². The summed E-state index contributed by atoms with van der Waals surface area (Å²) in [5, 5.41) is 12.5. The third-order valence-corrected chi connectivity index (χ3v) is 2.42. The van der Waals surface area contributed by atoms with E-state index in [0.29, 0.717) is 18.7 Å². The normalized spacial score (nSPS) is 12.4.